The van der Waals surface area contributed by atoms with Gasteiger partial charge < -0.3 is 10.1 Å². The molecule has 0 amide bonds. The van der Waals surface area contributed by atoms with Crippen LogP contribution in [0.2, 0.25) is 0 Å². The second kappa shape index (κ2) is 7.46. The van der Waals surface area contributed by atoms with E-state index in [1.165, 1.54) is 51.7 Å². The van der Waals surface area contributed by atoms with Crippen LogP contribution in [-0.4, -0.2) is 49.8 Å². The van der Waals surface area contributed by atoms with Gasteiger partial charge in [0.1, 0.15) is 0 Å². The van der Waals surface area contributed by atoms with E-state index in [9.17, 15) is 0 Å². The van der Waals surface area contributed by atoms with Gasteiger partial charge in [0, 0.05) is 44.9 Å². The zero-order valence-corrected chi connectivity index (χ0v) is 12.2. The van der Waals surface area contributed by atoms with E-state index in [4.69, 9.17) is 4.74 Å². The summed E-state index contributed by atoms with van der Waals surface area (Å²) in [5, 5.41) is 3.70. The number of hydrogen-bond donors (Lipinski definition) is 1. The third kappa shape index (κ3) is 3.94. The van der Waals surface area contributed by atoms with Crippen molar-refractivity contribution >= 4 is 0 Å². The van der Waals surface area contributed by atoms with Gasteiger partial charge in [-0.1, -0.05) is 20.3 Å². The quantitative estimate of drug-likeness (QED) is 0.814. The van der Waals surface area contributed by atoms with E-state index < -0.39 is 0 Å². The third-order valence-corrected chi connectivity index (χ3v) is 4.56. The Morgan fingerprint density at radius 1 is 1.22 bits per heavy atom. The van der Waals surface area contributed by atoms with E-state index in [-0.39, 0.29) is 0 Å². The maximum atomic E-state index is 5.47. The van der Waals surface area contributed by atoms with Crippen LogP contribution in [0.5, 0.6) is 0 Å². The van der Waals surface area contributed by atoms with Crippen molar-refractivity contribution in [1.29, 1.82) is 0 Å². The normalized spacial score (nSPS) is 31.7. The fourth-order valence-electron chi connectivity index (χ4n) is 3.30. The van der Waals surface area contributed by atoms with Crippen LogP contribution >= 0.6 is 0 Å². The zero-order valence-electron chi connectivity index (χ0n) is 12.2. The second-order valence-electron chi connectivity index (χ2n) is 5.97. The van der Waals surface area contributed by atoms with Gasteiger partial charge in [-0.25, -0.2) is 0 Å². The molecule has 2 rings (SSSR count). The van der Waals surface area contributed by atoms with Crippen molar-refractivity contribution in [3.8, 4) is 0 Å². The van der Waals surface area contributed by atoms with Crippen LogP contribution in [0, 0.1) is 5.92 Å². The van der Waals surface area contributed by atoms with Gasteiger partial charge >= 0.3 is 0 Å². The first-order valence-corrected chi connectivity index (χ1v) is 7.88. The SMILES string of the molecule is CCCC1CNC(CC)CN1CC1CCOCC1. The van der Waals surface area contributed by atoms with Crippen LogP contribution in [-0.2, 0) is 4.74 Å². The highest BCUT2D eigenvalue weighted by Gasteiger charge is 2.28. The van der Waals surface area contributed by atoms with Crippen molar-refractivity contribution in [2.24, 2.45) is 5.92 Å². The molecule has 0 spiro atoms. The summed E-state index contributed by atoms with van der Waals surface area (Å²) in [4.78, 5) is 2.77. The minimum atomic E-state index is 0.706. The molecule has 0 saturated carbocycles. The summed E-state index contributed by atoms with van der Waals surface area (Å²) in [5.41, 5.74) is 0. The molecule has 2 unspecified atom stereocenters. The molecular weight excluding hydrogens is 224 g/mol. The van der Waals surface area contributed by atoms with Crippen LogP contribution < -0.4 is 5.32 Å². The summed E-state index contributed by atoms with van der Waals surface area (Å²) in [7, 11) is 0. The summed E-state index contributed by atoms with van der Waals surface area (Å²) in [6.07, 6.45) is 6.42. The van der Waals surface area contributed by atoms with E-state index in [0.717, 1.165) is 25.2 Å². The van der Waals surface area contributed by atoms with Crippen molar-refractivity contribution in [3.63, 3.8) is 0 Å². The van der Waals surface area contributed by atoms with E-state index in [0.29, 0.717) is 6.04 Å². The summed E-state index contributed by atoms with van der Waals surface area (Å²) >= 11 is 0. The lowest BCUT2D eigenvalue weighted by atomic mass is 9.96. The Hall–Kier alpha value is -0.120. The first-order valence-electron chi connectivity index (χ1n) is 7.88. The molecule has 2 saturated heterocycles. The van der Waals surface area contributed by atoms with E-state index in [2.05, 4.69) is 24.1 Å². The van der Waals surface area contributed by atoms with Gasteiger partial charge in [0.2, 0.25) is 0 Å². The van der Waals surface area contributed by atoms with E-state index in [1.54, 1.807) is 0 Å². The second-order valence-corrected chi connectivity index (χ2v) is 5.97. The Morgan fingerprint density at radius 2 is 2.00 bits per heavy atom. The van der Waals surface area contributed by atoms with Gasteiger partial charge in [-0.2, -0.15) is 0 Å². The number of rotatable bonds is 5. The molecule has 2 atom stereocenters. The Morgan fingerprint density at radius 3 is 2.67 bits per heavy atom. The van der Waals surface area contributed by atoms with Crippen molar-refractivity contribution in [1.82, 2.24) is 10.2 Å². The van der Waals surface area contributed by atoms with Crippen molar-refractivity contribution < 1.29 is 4.74 Å². The molecule has 0 bridgehead atoms. The maximum Gasteiger partial charge on any atom is 0.0469 e. The molecular formula is C15H30N2O. The van der Waals surface area contributed by atoms with Crippen LogP contribution in [0.25, 0.3) is 0 Å². The summed E-state index contributed by atoms with van der Waals surface area (Å²) < 4.78 is 5.47. The van der Waals surface area contributed by atoms with Gasteiger partial charge in [-0.3, -0.25) is 4.90 Å². The molecule has 3 nitrogen and oxygen atoms in total. The van der Waals surface area contributed by atoms with Crippen LogP contribution in [0.1, 0.15) is 46.0 Å². The molecule has 1 N–H and O–H groups in total. The first kappa shape index (κ1) is 14.3. The molecule has 0 aliphatic carbocycles. The summed E-state index contributed by atoms with van der Waals surface area (Å²) in [5.74, 6) is 0.869. The number of piperazine rings is 1. The third-order valence-electron chi connectivity index (χ3n) is 4.56. The van der Waals surface area contributed by atoms with Crippen molar-refractivity contribution in [2.75, 3.05) is 32.8 Å². The Labute approximate surface area is 112 Å². The van der Waals surface area contributed by atoms with E-state index in [1.807, 2.05) is 0 Å². The predicted molar refractivity (Wildman–Crippen MR) is 75.9 cm³/mol. The average Bonchev–Trinajstić information content (AvgIpc) is 2.42. The smallest absolute Gasteiger partial charge is 0.0469 e. The molecule has 2 aliphatic rings. The van der Waals surface area contributed by atoms with E-state index >= 15 is 0 Å². The number of ether oxygens (including phenoxy) is 1. The average molecular weight is 254 g/mol. The molecule has 106 valence electrons. The Bertz CT molecular complexity index is 229. The molecule has 0 aromatic carbocycles. The largest absolute Gasteiger partial charge is 0.381 e. The standard InChI is InChI=1S/C15H30N2O/c1-3-5-15-10-16-14(4-2)12-17(15)11-13-6-8-18-9-7-13/h13-16H,3-12H2,1-2H3. The number of nitrogens with one attached hydrogen (secondary N) is 1. The number of hydrogen-bond acceptors (Lipinski definition) is 3. The van der Waals surface area contributed by atoms with Crippen molar-refractivity contribution in [3.05, 3.63) is 0 Å². The minimum absolute atomic E-state index is 0.706. The molecule has 0 aromatic heterocycles. The highest BCUT2D eigenvalue weighted by atomic mass is 16.5. The summed E-state index contributed by atoms with van der Waals surface area (Å²) in [6.45, 7) is 10.3. The Balaban J connectivity index is 1.86. The van der Waals surface area contributed by atoms with Gasteiger partial charge in [0.25, 0.3) is 0 Å². The molecule has 2 aliphatic heterocycles. The van der Waals surface area contributed by atoms with Gasteiger partial charge in [0.15, 0.2) is 0 Å². The maximum absolute atomic E-state index is 5.47. The lowest BCUT2D eigenvalue weighted by molar-refractivity contribution is 0.0338. The molecule has 18 heavy (non-hydrogen) atoms. The fraction of sp³-hybridized carbons (Fsp3) is 1.00. The lowest BCUT2D eigenvalue weighted by Gasteiger charge is -2.42. The van der Waals surface area contributed by atoms with Crippen LogP contribution in [0.15, 0.2) is 0 Å². The predicted octanol–water partition coefficient (Wildman–Crippen LogP) is 2.27. The molecule has 0 radical (unpaired) electrons. The topological polar surface area (TPSA) is 24.5 Å². The Kier molecular flexibility index (Phi) is 5.93. The summed E-state index contributed by atoms with van der Waals surface area (Å²) in [6, 6.07) is 1.47. The first-order chi connectivity index (χ1) is 8.83. The molecule has 2 fully saturated rings. The van der Waals surface area contributed by atoms with Gasteiger partial charge in [-0.05, 0) is 31.6 Å². The number of nitrogens with zero attached hydrogens (tertiary/aromatic N) is 1. The minimum Gasteiger partial charge on any atom is -0.381 e. The fourth-order valence-corrected chi connectivity index (χ4v) is 3.30. The molecule has 3 heteroatoms. The zero-order chi connectivity index (χ0) is 12.8. The van der Waals surface area contributed by atoms with Crippen LogP contribution in [0.3, 0.4) is 0 Å². The monoisotopic (exact) mass is 254 g/mol. The van der Waals surface area contributed by atoms with Crippen molar-refractivity contribution in [2.45, 2.75) is 58.0 Å². The lowest BCUT2D eigenvalue weighted by Crippen LogP contribution is -2.57. The van der Waals surface area contributed by atoms with Gasteiger partial charge in [-0.15, -0.1) is 0 Å². The van der Waals surface area contributed by atoms with Gasteiger partial charge in [0.05, 0.1) is 0 Å². The molecule has 0 aromatic rings. The highest BCUT2D eigenvalue weighted by molar-refractivity contribution is 4.86. The van der Waals surface area contributed by atoms with Crippen LogP contribution in [0.4, 0.5) is 0 Å². The molecule has 2 heterocycles. The highest BCUT2D eigenvalue weighted by Crippen LogP contribution is 2.21.